The topological polar surface area (TPSA) is 112 Å². The van der Waals surface area contributed by atoms with Crippen LogP contribution in [-0.2, 0) is 27.7 Å². The van der Waals surface area contributed by atoms with Gasteiger partial charge in [0.25, 0.3) is 0 Å². The zero-order valence-electron chi connectivity index (χ0n) is 17.6. The minimum Gasteiger partial charge on any atom is -0.382 e. The highest BCUT2D eigenvalue weighted by Gasteiger charge is 2.23. The Balaban J connectivity index is 1.59. The fourth-order valence-corrected chi connectivity index (χ4v) is 4.47. The van der Waals surface area contributed by atoms with E-state index in [1.807, 2.05) is 19.9 Å². The molecule has 0 bridgehead atoms. The van der Waals surface area contributed by atoms with Gasteiger partial charge in [0.05, 0.1) is 24.0 Å². The van der Waals surface area contributed by atoms with E-state index < -0.39 is 15.3 Å². The van der Waals surface area contributed by atoms with Crippen LogP contribution in [0.4, 0.5) is 5.82 Å². The van der Waals surface area contributed by atoms with E-state index in [1.54, 1.807) is 6.92 Å². The van der Waals surface area contributed by atoms with Crippen LogP contribution in [0.1, 0.15) is 51.0 Å². The number of hydrogen-bond acceptors (Lipinski definition) is 6. The number of imidazole rings is 1. The lowest BCUT2D eigenvalue weighted by molar-refractivity contribution is 0.131. The Morgan fingerprint density at radius 3 is 2.79 bits per heavy atom. The highest BCUT2D eigenvalue weighted by molar-refractivity contribution is 7.90. The SMILES string of the molecule is CCC(C)S(=O)(=O)NCCOCCn1c(CCC2CC2)nc2c(N)nc(C)cc21. The summed E-state index contributed by atoms with van der Waals surface area (Å²) in [7, 11) is -3.26. The van der Waals surface area contributed by atoms with Gasteiger partial charge in [-0.05, 0) is 38.7 Å². The van der Waals surface area contributed by atoms with Crippen LogP contribution in [0.2, 0.25) is 0 Å². The molecule has 1 aliphatic carbocycles. The molecule has 2 heterocycles. The minimum atomic E-state index is -3.26. The average molecular weight is 424 g/mol. The van der Waals surface area contributed by atoms with Gasteiger partial charge >= 0.3 is 0 Å². The number of aryl methyl sites for hydroxylation is 2. The van der Waals surface area contributed by atoms with E-state index in [0.717, 1.165) is 41.3 Å². The lowest BCUT2D eigenvalue weighted by Gasteiger charge is -2.13. The third kappa shape index (κ3) is 5.67. The quantitative estimate of drug-likeness (QED) is 0.507. The molecule has 1 aliphatic rings. The van der Waals surface area contributed by atoms with Gasteiger partial charge in [-0.2, -0.15) is 0 Å². The fourth-order valence-electron chi connectivity index (χ4n) is 3.38. The molecule has 0 saturated heterocycles. The Labute approximate surface area is 173 Å². The molecule has 0 aliphatic heterocycles. The van der Waals surface area contributed by atoms with Crippen molar-refractivity contribution in [3.05, 3.63) is 17.6 Å². The van der Waals surface area contributed by atoms with Crippen molar-refractivity contribution < 1.29 is 13.2 Å². The smallest absolute Gasteiger partial charge is 0.214 e. The van der Waals surface area contributed by atoms with E-state index >= 15 is 0 Å². The van der Waals surface area contributed by atoms with Gasteiger partial charge in [-0.1, -0.05) is 19.8 Å². The van der Waals surface area contributed by atoms with Gasteiger partial charge in [-0.3, -0.25) is 0 Å². The summed E-state index contributed by atoms with van der Waals surface area (Å²) < 4.78 is 34.4. The molecule has 0 amide bonds. The van der Waals surface area contributed by atoms with Crippen molar-refractivity contribution in [2.75, 3.05) is 25.5 Å². The number of sulfonamides is 1. The molecule has 0 aromatic carbocycles. The first-order valence-corrected chi connectivity index (χ1v) is 12.0. The number of nitrogens with zero attached hydrogens (tertiary/aromatic N) is 3. The lowest BCUT2D eigenvalue weighted by atomic mass is 10.2. The number of hydrogen-bond donors (Lipinski definition) is 2. The largest absolute Gasteiger partial charge is 0.382 e. The molecule has 2 aromatic heterocycles. The van der Waals surface area contributed by atoms with E-state index in [-0.39, 0.29) is 6.54 Å². The molecule has 1 fully saturated rings. The maximum absolute atomic E-state index is 12.0. The van der Waals surface area contributed by atoms with Crippen molar-refractivity contribution in [3.8, 4) is 0 Å². The van der Waals surface area contributed by atoms with Crippen LogP contribution in [0.25, 0.3) is 11.0 Å². The van der Waals surface area contributed by atoms with Gasteiger partial charge in [-0.25, -0.2) is 23.1 Å². The third-order valence-corrected chi connectivity index (χ3v) is 7.56. The molecule has 8 nitrogen and oxygen atoms in total. The molecule has 1 atom stereocenters. The third-order valence-electron chi connectivity index (χ3n) is 5.56. The van der Waals surface area contributed by atoms with Crippen LogP contribution in [0, 0.1) is 12.8 Å². The molecule has 29 heavy (non-hydrogen) atoms. The molecule has 3 rings (SSSR count). The summed E-state index contributed by atoms with van der Waals surface area (Å²) in [6.07, 6.45) is 5.29. The molecular formula is C20H33N5O3S. The summed E-state index contributed by atoms with van der Waals surface area (Å²) in [6.45, 7) is 7.24. The highest BCUT2D eigenvalue weighted by Crippen LogP contribution is 2.34. The van der Waals surface area contributed by atoms with Crippen molar-refractivity contribution in [2.45, 2.75) is 64.7 Å². The second-order valence-corrected chi connectivity index (χ2v) is 10.1. The van der Waals surface area contributed by atoms with Gasteiger partial charge in [0.1, 0.15) is 11.3 Å². The first-order valence-electron chi connectivity index (χ1n) is 10.5. The number of pyridine rings is 1. The summed E-state index contributed by atoms with van der Waals surface area (Å²) in [5.74, 6) is 2.31. The van der Waals surface area contributed by atoms with E-state index in [1.165, 1.54) is 12.8 Å². The van der Waals surface area contributed by atoms with Gasteiger partial charge < -0.3 is 15.0 Å². The second-order valence-electron chi connectivity index (χ2n) is 7.95. The lowest BCUT2D eigenvalue weighted by Crippen LogP contribution is -2.34. The Kier molecular flexibility index (Phi) is 7.13. The summed E-state index contributed by atoms with van der Waals surface area (Å²) in [4.78, 5) is 9.09. The number of nitrogen functional groups attached to an aromatic ring is 1. The van der Waals surface area contributed by atoms with E-state index in [2.05, 4.69) is 14.3 Å². The number of nitrogens with one attached hydrogen (secondary N) is 1. The fraction of sp³-hybridized carbons (Fsp3) is 0.700. The van der Waals surface area contributed by atoms with Crippen LogP contribution < -0.4 is 10.5 Å². The molecular weight excluding hydrogens is 390 g/mol. The van der Waals surface area contributed by atoms with Crippen LogP contribution in [0.3, 0.4) is 0 Å². The monoisotopic (exact) mass is 423 g/mol. The van der Waals surface area contributed by atoms with Crippen molar-refractivity contribution in [1.29, 1.82) is 0 Å². The molecule has 3 N–H and O–H groups in total. The predicted molar refractivity (Wildman–Crippen MR) is 115 cm³/mol. The Hall–Kier alpha value is -1.71. The first-order chi connectivity index (χ1) is 13.8. The maximum atomic E-state index is 12.0. The molecule has 0 radical (unpaired) electrons. The number of rotatable bonds is 12. The number of anilines is 1. The molecule has 9 heteroatoms. The number of nitrogens with two attached hydrogens (primary N) is 1. The van der Waals surface area contributed by atoms with Crippen molar-refractivity contribution in [1.82, 2.24) is 19.3 Å². The highest BCUT2D eigenvalue weighted by atomic mass is 32.2. The molecule has 2 aromatic rings. The molecule has 162 valence electrons. The van der Waals surface area contributed by atoms with Gasteiger partial charge in [0, 0.05) is 25.2 Å². The van der Waals surface area contributed by atoms with Crippen LogP contribution in [0.15, 0.2) is 6.07 Å². The standard InChI is InChI=1S/C20H33N5O3S/c1-4-15(3)29(26,27)22-9-11-28-12-10-25-17-13-14(2)23-20(21)19(17)24-18(25)8-7-16-5-6-16/h13,15-16,22H,4-12H2,1-3H3,(H2,21,23). The summed E-state index contributed by atoms with van der Waals surface area (Å²) >= 11 is 0. The summed E-state index contributed by atoms with van der Waals surface area (Å²) in [5.41, 5.74) is 8.70. The Morgan fingerprint density at radius 2 is 2.10 bits per heavy atom. The van der Waals surface area contributed by atoms with E-state index in [4.69, 9.17) is 15.5 Å². The molecule has 1 saturated carbocycles. The minimum absolute atomic E-state index is 0.280. The summed E-state index contributed by atoms with van der Waals surface area (Å²) in [5, 5.41) is -0.392. The predicted octanol–water partition coefficient (Wildman–Crippen LogP) is 2.40. The first kappa shape index (κ1) is 22.0. The van der Waals surface area contributed by atoms with Crippen LogP contribution in [0.5, 0.6) is 0 Å². The normalized spacial score (nSPS) is 15.8. The average Bonchev–Trinajstić information content (AvgIpc) is 3.44. The van der Waals surface area contributed by atoms with Crippen LogP contribution >= 0.6 is 0 Å². The number of aromatic nitrogens is 3. The maximum Gasteiger partial charge on any atom is 0.214 e. The Morgan fingerprint density at radius 1 is 1.34 bits per heavy atom. The molecule has 1 unspecified atom stereocenters. The van der Waals surface area contributed by atoms with Gasteiger partial charge in [0.2, 0.25) is 10.0 Å². The van der Waals surface area contributed by atoms with Crippen molar-refractivity contribution in [2.24, 2.45) is 5.92 Å². The van der Waals surface area contributed by atoms with Gasteiger partial charge in [0.15, 0.2) is 5.82 Å². The Bertz CT molecular complexity index is 937. The van der Waals surface area contributed by atoms with Crippen molar-refractivity contribution in [3.63, 3.8) is 0 Å². The van der Waals surface area contributed by atoms with E-state index in [0.29, 0.717) is 32.0 Å². The number of ether oxygens (including phenoxy) is 1. The van der Waals surface area contributed by atoms with E-state index in [9.17, 15) is 8.42 Å². The molecule has 0 spiro atoms. The zero-order chi connectivity index (χ0) is 21.0. The number of fused-ring (bicyclic) bond motifs is 1. The summed E-state index contributed by atoms with van der Waals surface area (Å²) in [6, 6.07) is 2.01. The zero-order valence-corrected chi connectivity index (χ0v) is 18.5. The van der Waals surface area contributed by atoms with Crippen molar-refractivity contribution >= 4 is 26.9 Å². The van der Waals surface area contributed by atoms with Crippen LogP contribution in [-0.4, -0.2) is 48.0 Å². The second kappa shape index (κ2) is 9.40. The van der Waals surface area contributed by atoms with Gasteiger partial charge in [-0.15, -0.1) is 0 Å².